The summed E-state index contributed by atoms with van der Waals surface area (Å²) in [6, 6.07) is 0. The molecule has 0 N–H and O–H groups in total. The van der Waals surface area contributed by atoms with Gasteiger partial charge in [-0.15, -0.1) is 0 Å². The van der Waals surface area contributed by atoms with Crippen molar-refractivity contribution in [1.29, 1.82) is 0 Å². The highest BCUT2D eigenvalue weighted by Gasteiger charge is 2.41. The molecule has 0 amide bonds. The molecule has 0 bridgehead atoms. The van der Waals surface area contributed by atoms with E-state index >= 15 is 0 Å². The molecule has 1 unspecified atom stereocenters. The van der Waals surface area contributed by atoms with Crippen molar-refractivity contribution in [3.8, 4) is 0 Å². The molecule has 0 aliphatic heterocycles. The van der Waals surface area contributed by atoms with Crippen LogP contribution in [0.3, 0.4) is 0 Å². The maximum absolute atomic E-state index is 3.72. The van der Waals surface area contributed by atoms with E-state index in [2.05, 4.69) is 22.9 Å². The Morgan fingerprint density at radius 1 is 1.15 bits per heavy atom. The van der Waals surface area contributed by atoms with E-state index in [1.54, 1.807) is 0 Å². The van der Waals surface area contributed by atoms with Crippen LogP contribution in [0.1, 0.15) is 51.9 Å². The van der Waals surface area contributed by atoms with E-state index in [1.165, 1.54) is 50.3 Å². The summed E-state index contributed by atoms with van der Waals surface area (Å²) < 4.78 is 0. The lowest BCUT2D eigenvalue weighted by Gasteiger charge is -2.30. The fourth-order valence-electron chi connectivity index (χ4n) is 2.98. The van der Waals surface area contributed by atoms with Gasteiger partial charge in [0.15, 0.2) is 0 Å². The Morgan fingerprint density at radius 2 is 1.77 bits per heavy atom. The number of rotatable bonds is 4. The lowest BCUT2D eigenvalue weighted by Crippen LogP contribution is -2.24. The van der Waals surface area contributed by atoms with Gasteiger partial charge in [-0.3, -0.25) is 0 Å². The van der Waals surface area contributed by atoms with Crippen LogP contribution < -0.4 is 0 Å². The second-order valence-corrected chi connectivity index (χ2v) is 5.98. The van der Waals surface area contributed by atoms with E-state index in [4.69, 9.17) is 0 Å². The average molecular weight is 245 g/mol. The van der Waals surface area contributed by atoms with Gasteiger partial charge in [0.05, 0.1) is 0 Å². The van der Waals surface area contributed by atoms with Crippen molar-refractivity contribution in [3.05, 3.63) is 0 Å². The Kier molecular flexibility index (Phi) is 3.02. The number of hydrogen-bond acceptors (Lipinski definition) is 0. The highest BCUT2D eigenvalue weighted by Crippen LogP contribution is 2.51. The van der Waals surface area contributed by atoms with Gasteiger partial charge in [0.1, 0.15) is 0 Å². The van der Waals surface area contributed by atoms with Gasteiger partial charge < -0.3 is 0 Å². The molecule has 0 spiro atoms. The van der Waals surface area contributed by atoms with Crippen molar-refractivity contribution < 1.29 is 0 Å². The second kappa shape index (κ2) is 3.92. The van der Waals surface area contributed by atoms with Gasteiger partial charge in [-0.05, 0) is 36.5 Å². The van der Waals surface area contributed by atoms with Crippen LogP contribution in [0.4, 0.5) is 0 Å². The van der Waals surface area contributed by atoms with E-state index in [1.807, 2.05) is 0 Å². The molecule has 2 saturated carbocycles. The smallest absolute Gasteiger partial charge is 0.00880 e. The predicted octanol–water partition coefficient (Wildman–Crippen LogP) is 4.38. The first-order chi connectivity index (χ1) is 6.24. The predicted molar refractivity (Wildman–Crippen MR) is 61.2 cm³/mol. The highest BCUT2D eigenvalue weighted by atomic mass is 79.9. The summed E-state index contributed by atoms with van der Waals surface area (Å²) in [7, 11) is 0. The van der Waals surface area contributed by atoms with Crippen LogP contribution in [-0.4, -0.2) is 5.33 Å². The maximum Gasteiger partial charge on any atom is 0.00880 e. The van der Waals surface area contributed by atoms with Crippen LogP contribution >= 0.6 is 15.9 Å². The summed E-state index contributed by atoms with van der Waals surface area (Å²) in [6.45, 7) is 2.50. The Bertz CT molecular complexity index is 168. The van der Waals surface area contributed by atoms with Gasteiger partial charge >= 0.3 is 0 Å². The summed E-state index contributed by atoms with van der Waals surface area (Å²) in [5.41, 5.74) is 0.634. The first-order valence-electron chi connectivity index (χ1n) is 5.80. The van der Waals surface area contributed by atoms with Gasteiger partial charge in [-0.2, -0.15) is 0 Å². The third-order valence-corrected chi connectivity index (χ3v) is 5.38. The van der Waals surface area contributed by atoms with Gasteiger partial charge in [-0.25, -0.2) is 0 Å². The third-order valence-electron chi connectivity index (χ3n) is 4.10. The zero-order chi connectivity index (χ0) is 9.31. The molecule has 2 aliphatic carbocycles. The van der Waals surface area contributed by atoms with Crippen LogP contribution in [0.5, 0.6) is 0 Å². The molecule has 1 heteroatoms. The molecular formula is C12H21Br. The molecule has 1 atom stereocenters. The molecule has 13 heavy (non-hydrogen) atoms. The van der Waals surface area contributed by atoms with E-state index < -0.39 is 0 Å². The van der Waals surface area contributed by atoms with Crippen molar-refractivity contribution in [2.75, 3.05) is 5.33 Å². The fraction of sp³-hybridized carbons (Fsp3) is 1.00. The molecule has 0 heterocycles. The molecular weight excluding hydrogens is 224 g/mol. The topological polar surface area (TPSA) is 0 Å². The fourth-order valence-corrected chi connectivity index (χ4v) is 3.67. The number of alkyl halides is 1. The van der Waals surface area contributed by atoms with Gasteiger partial charge in [0.2, 0.25) is 0 Å². The minimum Gasteiger partial charge on any atom is -0.0922 e. The molecule has 0 saturated heterocycles. The molecule has 2 fully saturated rings. The molecule has 2 rings (SSSR count). The van der Waals surface area contributed by atoms with Gasteiger partial charge in [0.25, 0.3) is 0 Å². The molecule has 76 valence electrons. The van der Waals surface area contributed by atoms with E-state index in [0.29, 0.717) is 5.41 Å². The van der Waals surface area contributed by atoms with Crippen LogP contribution in [0, 0.1) is 17.3 Å². The molecule has 2 aliphatic rings. The van der Waals surface area contributed by atoms with Crippen LogP contribution in [0.25, 0.3) is 0 Å². The monoisotopic (exact) mass is 244 g/mol. The molecule has 0 aromatic heterocycles. The molecule has 0 radical (unpaired) electrons. The second-order valence-electron chi connectivity index (χ2n) is 5.42. The summed E-state index contributed by atoms with van der Waals surface area (Å²) >= 11 is 3.72. The number of hydrogen-bond donors (Lipinski definition) is 0. The summed E-state index contributed by atoms with van der Waals surface area (Å²) in [5, 5.41) is 1.22. The summed E-state index contributed by atoms with van der Waals surface area (Å²) in [4.78, 5) is 0. The Labute approximate surface area is 90.6 Å². The Balaban J connectivity index is 1.88. The molecule has 0 aromatic carbocycles. The van der Waals surface area contributed by atoms with Gasteiger partial charge in [-0.1, -0.05) is 48.5 Å². The Morgan fingerprint density at radius 3 is 2.23 bits per heavy atom. The quantitative estimate of drug-likeness (QED) is 0.645. The first-order valence-corrected chi connectivity index (χ1v) is 6.93. The molecule has 0 nitrogen and oxygen atoms in total. The number of halogens is 1. The molecule has 0 aromatic rings. The Hall–Kier alpha value is 0.480. The zero-order valence-electron chi connectivity index (χ0n) is 8.69. The van der Waals surface area contributed by atoms with Crippen molar-refractivity contribution in [3.63, 3.8) is 0 Å². The largest absolute Gasteiger partial charge is 0.0922 e. The highest BCUT2D eigenvalue weighted by molar-refractivity contribution is 9.09. The van der Waals surface area contributed by atoms with Crippen LogP contribution in [-0.2, 0) is 0 Å². The maximum atomic E-state index is 3.72. The lowest BCUT2D eigenvalue weighted by atomic mass is 9.78. The first kappa shape index (κ1) is 10.0. The average Bonchev–Trinajstić information content (AvgIpc) is 2.88. The van der Waals surface area contributed by atoms with Crippen molar-refractivity contribution >= 4 is 15.9 Å². The SMILES string of the molecule is CC(CBr)(CC1CCCC1)C1CC1. The standard InChI is InChI=1S/C12H21Br/c1-12(9-13,11-6-7-11)8-10-4-2-3-5-10/h10-11H,2-9H2,1H3. The minimum atomic E-state index is 0.634. The normalized spacial score (nSPS) is 29.1. The van der Waals surface area contributed by atoms with Crippen molar-refractivity contribution in [2.45, 2.75) is 51.9 Å². The van der Waals surface area contributed by atoms with Crippen LogP contribution in [0.15, 0.2) is 0 Å². The minimum absolute atomic E-state index is 0.634. The lowest BCUT2D eigenvalue weighted by molar-refractivity contribution is 0.238. The van der Waals surface area contributed by atoms with E-state index in [9.17, 15) is 0 Å². The zero-order valence-corrected chi connectivity index (χ0v) is 10.3. The van der Waals surface area contributed by atoms with E-state index in [-0.39, 0.29) is 0 Å². The van der Waals surface area contributed by atoms with Gasteiger partial charge in [0, 0.05) is 5.33 Å². The van der Waals surface area contributed by atoms with E-state index in [0.717, 1.165) is 11.8 Å². The summed E-state index contributed by atoms with van der Waals surface area (Å²) in [5.74, 6) is 2.11. The van der Waals surface area contributed by atoms with Crippen molar-refractivity contribution in [1.82, 2.24) is 0 Å². The van der Waals surface area contributed by atoms with Crippen LogP contribution in [0.2, 0.25) is 0 Å². The third kappa shape index (κ3) is 2.29. The van der Waals surface area contributed by atoms with Crippen molar-refractivity contribution in [2.24, 2.45) is 17.3 Å². The summed E-state index contributed by atoms with van der Waals surface area (Å²) in [6.07, 6.45) is 10.5.